The molecule has 7 heteroatoms. The van der Waals surface area contributed by atoms with Crippen LogP contribution in [0.5, 0.6) is 11.5 Å². The monoisotopic (exact) mass is 242 g/mol. The predicted molar refractivity (Wildman–Crippen MR) is 54.5 cm³/mol. The summed E-state index contributed by atoms with van der Waals surface area (Å²) in [5, 5.41) is 13.0. The number of phenolic OH excluding ortho intramolecular Hbond substituents is 1. The normalized spacial score (nSPS) is 10.5. The molecule has 0 spiro atoms. The fourth-order valence-corrected chi connectivity index (χ4v) is 1.42. The van der Waals surface area contributed by atoms with Gasteiger partial charge < -0.3 is 20.1 Å². The van der Waals surface area contributed by atoms with Gasteiger partial charge in [-0.1, -0.05) is 5.16 Å². The Hall–Kier alpha value is -2.31. The molecule has 0 aliphatic rings. The van der Waals surface area contributed by atoms with Crippen LogP contribution in [0.15, 0.2) is 16.7 Å². The standard InChI is InChI=1S/C10H8F2N2O3/c1-16-10-5(12)2-4(11)8(9(10)15)6-3-7(13)14-17-6/h2-3,15H,1H3,(H2,13,14). The fraction of sp³-hybridized carbons (Fsp3) is 0.100. The summed E-state index contributed by atoms with van der Waals surface area (Å²) in [6.45, 7) is 0. The minimum atomic E-state index is -1.02. The number of hydrogen-bond acceptors (Lipinski definition) is 5. The lowest BCUT2D eigenvalue weighted by Crippen LogP contribution is -1.94. The van der Waals surface area contributed by atoms with E-state index in [4.69, 9.17) is 10.3 Å². The van der Waals surface area contributed by atoms with Crippen molar-refractivity contribution in [1.29, 1.82) is 0 Å². The third-order valence-corrected chi connectivity index (χ3v) is 2.14. The largest absolute Gasteiger partial charge is 0.504 e. The highest BCUT2D eigenvalue weighted by Gasteiger charge is 2.22. The van der Waals surface area contributed by atoms with E-state index in [2.05, 4.69) is 9.89 Å². The molecule has 0 bridgehead atoms. The van der Waals surface area contributed by atoms with Gasteiger partial charge in [0.1, 0.15) is 11.4 Å². The van der Waals surface area contributed by atoms with Gasteiger partial charge in [0.05, 0.1) is 7.11 Å². The highest BCUT2D eigenvalue weighted by Crippen LogP contribution is 2.41. The Balaban J connectivity index is 2.69. The number of methoxy groups -OCH3 is 1. The smallest absolute Gasteiger partial charge is 0.197 e. The molecule has 0 aliphatic carbocycles. The van der Waals surface area contributed by atoms with E-state index in [1.54, 1.807) is 0 Å². The molecule has 0 saturated heterocycles. The zero-order valence-electron chi connectivity index (χ0n) is 8.70. The van der Waals surface area contributed by atoms with Crippen LogP contribution in [0, 0.1) is 11.6 Å². The molecular weight excluding hydrogens is 234 g/mol. The number of nitrogen functional groups attached to an aromatic ring is 1. The van der Waals surface area contributed by atoms with E-state index in [0.717, 1.165) is 7.11 Å². The van der Waals surface area contributed by atoms with Crippen molar-refractivity contribution in [1.82, 2.24) is 5.16 Å². The molecule has 2 rings (SSSR count). The van der Waals surface area contributed by atoms with E-state index in [0.29, 0.717) is 6.07 Å². The molecule has 0 unspecified atom stereocenters. The number of benzene rings is 1. The molecule has 90 valence electrons. The molecule has 5 nitrogen and oxygen atoms in total. The molecule has 3 N–H and O–H groups in total. The van der Waals surface area contributed by atoms with Gasteiger partial charge in [0.15, 0.2) is 28.9 Å². The van der Waals surface area contributed by atoms with E-state index in [9.17, 15) is 13.9 Å². The van der Waals surface area contributed by atoms with Gasteiger partial charge in [-0.05, 0) is 0 Å². The van der Waals surface area contributed by atoms with E-state index < -0.39 is 23.1 Å². The number of nitrogens with two attached hydrogens (primary N) is 1. The number of hydrogen-bond donors (Lipinski definition) is 2. The number of nitrogens with zero attached hydrogens (tertiary/aromatic N) is 1. The molecule has 17 heavy (non-hydrogen) atoms. The highest BCUT2D eigenvalue weighted by molar-refractivity contribution is 5.71. The first-order valence-corrected chi connectivity index (χ1v) is 4.52. The number of rotatable bonds is 2. The number of halogens is 2. The lowest BCUT2D eigenvalue weighted by atomic mass is 10.1. The number of aromatic nitrogens is 1. The Kier molecular flexibility index (Phi) is 2.58. The van der Waals surface area contributed by atoms with Crippen molar-refractivity contribution in [2.45, 2.75) is 0 Å². The average molecular weight is 242 g/mol. The van der Waals surface area contributed by atoms with Gasteiger partial charge in [-0.2, -0.15) is 0 Å². The van der Waals surface area contributed by atoms with Gasteiger partial charge in [0, 0.05) is 12.1 Å². The van der Waals surface area contributed by atoms with Crippen LogP contribution < -0.4 is 10.5 Å². The summed E-state index contributed by atoms with van der Waals surface area (Å²) in [7, 11) is 1.15. The van der Waals surface area contributed by atoms with Crippen molar-refractivity contribution in [3.8, 4) is 22.8 Å². The van der Waals surface area contributed by atoms with Crippen LogP contribution in [0.3, 0.4) is 0 Å². The van der Waals surface area contributed by atoms with Crippen molar-refractivity contribution >= 4 is 5.82 Å². The molecule has 0 saturated carbocycles. The second kappa shape index (κ2) is 3.93. The van der Waals surface area contributed by atoms with E-state index in [1.807, 2.05) is 0 Å². The quantitative estimate of drug-likeness (QED) is 0.840. The summed E-state index contributed by atoms with van der Waals surface area (Å²) in [5.74, 6) is -3.30. The van der Waals surface area contributed by atoms with Gasteiger partial charge in [0.2, 0.25) is 0 Å². The second-order valence-corrected chi connectivity index (χ2v) is 3.21. The summed E-state index contributed by atoms with van der Waals surface area (Å²) < 4.78 is 36.1. The van der Waals surface area contributed by atoms with Gasteiger partial charge in [-0.15, -0.1) is 0 Å². The van der Waals surface area contributed by atoms with Crippen LogP contribution in [0.4, 0.5) is 14.6 Å². The Labute approximate surface area is 94.4 Å². The maximum Gasteiger partial charge on any atom is 0.197 e. The molecule has 0 aliphatic heterocycles. The van der Waals surface area contributed by atoms with Crippen molar-refractivity contribution < 1.29 is 23.1 Å². The minimum Gasteiger partial charge on any atom is -0.504 e. The summed E-state index contributed by atoms with van der Waals surface area (Å²) in [5.41, 5.74) is 4.95. The van der Waals surface area contributed by atoms with Gasteiger partial charge >= 0.3 is 0 Å². The zero-order valence-corrected chi connectivity index (χ0v) is 8.70. The molecule has 1 heterocycles. The summed E-state index contributed by atoms with van der Waals surface area (Å²) in [4.78, 5) is 0. The third kappa shape index (κ3) is 1.75. The Morgan fingerprint density at radius 3 is 2.59 bits per heavy atom. The lowest BCUT2D eigenvalue weighted by molar-refractivity contribution is 0.347. The molecule has 0 radical (unpaired) electrons. The van der Waals surface area contributed by atoms with E-state index >= 15 is 0 Å². The number of phenols is 1. The van der Waals surface area contributed by atoms with Gasteiger partial charge in [-0.25, -0.2) is 8.78 Å². The molecular formula is C10H8F2N2O3. The number of ether oxygens (including phenoxy) is 1. The summed E-state index contributed by atoms with van der Waals surface area (Å²) >= 11 is 0. The molecule has 1 aromatic heterocycles. The molecule has 1 aromatic carbocycles. The van der Waals surface area contributed by atoms with Crippen LogP contribution >= 0.6 is 0 Å². The maximum atomic E-state index is 13.5. The van der Waals surface area contributed by atoms with Crippen molar-refractivity contribution in [2.24, 2.45) is 0 Å². The number of aromatic hydroxyl groups is 1. The van der Waals surface area contributed by atoms with Crippen LogP contribution in [0.2, 0.25) is 0 Å². The molecule has 0 atom stereocenters. The number of anilines is 1. The van der Waals surface area contributed by atoms with Crippen LogP contribution in [-0.2, 0) is 0 Å². The Bertz CT molecular complexity index is 569. The first-order chi connectivity index (χ1) is 8.04. The topological polar surface area (TPSA) is 81.5 Å². The minimum absolute atomic E-state index is 0.0158. The summed E-state index contributed by atoms with van der Waals surface area (Å²) in [6, 6.07) is 1.78. The van der Waals surface area contributed by atoms with Crippen LogP contribution in [-0.4, -0.2) is 17.4 Å². The van der Waals surface area contributed by atoms with Crippen molar-refractivity contribution in [2.75, 3.05) is 12.8 Å². The van der Waals surface area contributed by atoms with Crippen molar-refractivity contribution in [3.63, 3.8) is 0 Å². The lowest BCUT2D eigenvalue weighted by Gasteiger charge is -2.08. The summed E-state index contributed by atoms with van der Waals surface area (Å²) in [6.07, 6.45) is 0. The van der Waals surface area contributed by atoms with E-state index in [-0.39, 0.29) is 17.1 Å². The van der Waals surface area contributed by atoms with Crippen LogP contribution in [0.25, 0.3) is 11.3 Å². The molecule has 0 amide bonds. The first kappa shape index (κ1) is 11.2. The Morgan fingerprint density at radius 2 is 2.06 bits per heavy atom. The van der Waals surface area contributed by atoms with Crippen molar-refractivity contribution in [3.05, 3.63) is 23.8 Å². The third-order valence-electron chi connectivity index (χ3n) is 2.14. The van der Waals surface area contributed by atoms with Crippen LogP contribution in [0.1, 0.15) is 0 Å². The Morgan fingerprint density at radius 1 is 1.35 bits per heavy atom. The highest BCUT2D eigenvalue weighted by atomic mass is 19.1. The molecule has 0 fully saturated rings. The zero-order chi connectivity index (χ0) is 12.6. The fourth-order valence-electron chi connectivity index (χ4n) is 1.42. The predicted octanol–water partition coefficient (Wildman–Crippen LogP) is 1.92. The van der Waals surface area contributed by atoms with Gasteiger partial charge in [0.25, 0.3) is 0 Å². The average Bonchev–Trinajstić information content (AvgIpc) is 2.64. The molecule has 2 aromatic rings. The SMILES string of the molecule is COc1c(F)cc(F)c(-c2cc(N)no2)c1O. The first-order valence-electron chi connectivity index (χ1n) is 4.52. The second-order valence-electron chi connectivity index (χ2n) is 3.21. The maximum absolute atomic E-state index is 13.5. The van der Waals surface area contributed by atoms with Gasteiger partial charge in [-0.3, -0.25) is 0 Å². The van der Waals surface area contributed by atoms with E-state index in [1.165, 1.54) is 6.07 Å².